The maximum absolute atomic E-state index is 5.32. The molecule has 0 amide bonds. The summed E-state index contributed by atoms with van der Waals surface area (Å²) in [6.07, 6.45) is 1.57. The highest BCUT2D eigenvalue weighted by Gasteiger charge is 2.05. The van der Waals surface area contributed by atoms with Gasteiger partial charge in [0.25, 0.3) is 0 Å². The van der Waals surface area contributed by atoms with Crippen LogP contribution in [0, 0.1) is 0 Å². The highest BCUT2D eigenvalue weighted by atomic mass is 32.1. The van der Waals surface area contributed by atoms with Crippen LogP contribution in [-0.4, -0.2) is 10.2 Å². The van der Waals surface area contributed by atoms with E-state index in [1.54, 1.807) is 6.08 Å². The molecule has 0 radical (unpaired) electrons. The van der Waals surface area contributed by atoms with Gasteiger partial charge in [-0.3, -0.25) is 10.9 Å². The van der Waals surface area contributed by atoms with E-state index >= 15 is 0 Å². The van der Waals surface area contributed by atoms with E-state index in [1.807, 2.05) is 0 Å². The molecule has 0 aromatic carbocycles. The number of hydrogen-bond donors (Lipinski definition) is 4. The molecule has 0 spiro atoms. The van der Waals surface area contributed by atoms with Crippen LogP contribution >= 0.6 is 12.2 Å². The van der Waals surface area contributed by atoms with Gasteiger partial charge in [-0.1, -0.05) is 17.4 Å². The zero-order chi connectivity index (χ0) is 6.85. The normalized spacial score (nSPS) is 20.1. The Hall–Kier alpha value is -0.850. The number of rotatable bonds is 0. The van der Waals surface area contributed by atoms with E-state index in [1.165, 1.54) is 0 Å². The number of thiocarbonyl (C=S) groups is 1. The Morgan fingerprint density at radius 1 is 1.56 bits per heavy atom. The molecule has 5 nitrogen and oxygen atoms in total. The minimum atomic E-state index is 0.432. The van der Waals surface area contributed by atoms with Crippen molar-refractivity contribution < 1.29 is 0 Å². The summed E-state index contributed by atoms with van der Waals surface area (Å²) in [5.74, 6) is 5.65. The fourth-order valence-corrected chi connectivity index (χ4v) is 0.717. The molecule has 0 saturated carbocycles. The summed E-state index contributed by atoms with van der Waals surface area (Å²) in [6, 6.07) is 0. The highest BCUT2D eigenvalue weighted by Crippen LogP contribution is 1.86. The second-order valence-electron chi connectivity index (χ2n) is 1.56. The molecule has 50 valence electrons. The van der Waals surface area contributed by atoms with Crippen LogP contribution in [0.3, 0.4) is 0 Å². The summed E-state index contributed by atoms with van der Waals surface area (Å²) in [5.41, 5.74) is 10.5. The monoisotopic (exact) mass is 145 g/mol. The van der Waals surface area contributed by atoms with Crippen LogP contribution in [0.5, 0.6) is 0 Å². The van der Waals surface area contributed by atoms with Crippen molar-refractivity contribution in [3.63, 3.8) is 0 Å². The molecular weight excluding hydrogens is 138 g/mol. The predicted molar refractivity (Wildman–Crippen MR) is 37.2 cm³/mol. The fourth-order valence-electron chi connectivity index (χ4n) is 0.492. The molecule has 0 saturated heterocycles. The Labute approximate surface area is 57.6 Å². The smallest absolute Gasteiger partial charge is 0.119 e. The molecule has 6 N–H and O–H groups in total. The van der Waals surface area contributed by atoms with Crippen molar-refractivity contribution in [3.05, 3.63) is 11.9 Å². The largest absolute Gasteiger partial charge is 0.384 e. The summed E-state index contributed by atoms with van der Waals surface area (Å²) in [6.45, 7) is 0. The van der Waals surface area contributed by atoms with E-state index in [-0.39, 0.29) is 0 Å². The minimum Gasteiger partial charge on any atom is -0.384 e. The van der Waals surface area contributed by atoms with Gasteiger partial charge in [-0.25, -0.2) is 5.84 Å². The third-order valence-corrected chi connectivity index (χ3v) is 0.976. The van der Waals surface area contributed by atoms with E-state index in [0.717, 1.165) is 5.23 Å². The van der Waals surface area contributed by atoms with E-state index in [9.17, 15) is 0 Å². The molecule has 1 heterocycles. The topological polar surface area (TPSA) is 79.3 Å². The van der Waals surface area contributed by atoms with Gasteiger partial charge in [-0.2, -0.15) is 0 Å². The SMILES string of the molecule is NC1=CC(=S)NN(N)N1. The van der Waals surface area contributed by atoms with Gasteiger partial charge in [0.1, 0.15) is 10.8 Å². The van der Waals surface area contributed by atoms with Gasteiger partial charge in [0.05, 0.1) is 0 Å². The van der Waals surface area contributed by atoms with Crippen LogP contribution < -0.4 is 22.4 Å². The van der Waals surface area contributed by atoms with E-state index in [2.05, 4.69) is 10.9 Å². The molecule has 0 unspecified atom stereocenters. The lowest BCUT2D eigenvalue weighted by Gasteiger charge is -2.23. The molecule has 1 aliphatic rings. The second kappa shape index (κ2) is 2.18. The number of nitrogens with one attached hydrogen (secondary N) is 2. The van der Waals surface area contributed by atoms with Crippen LogP contribution in [0.1, 0.15) is 0 Å². The molecule has 0 aliphatic carbocycles. The van der Waals surface area contributed by atoms with Crippen molar-refractivity contribution in [1.82, 2.24) is 16.1 Å². The first-order valence-electron chi connectivity index (χ1n) is 2.28. The Balaban J connectivity index is 2.67. The number of hydrogen-bond acceptors (Lipinski definition) is 5. The van der Waals surface area contributed by atoms with Gasteiger partial charge in [-0.05, 0) is 0 Å². The van der Waals surface area contributed by atoms with Gasteiger partial charge >= 0.3 is 0 Å². The van der Waals surface area contributed by atoms with Crippen LogP contribution in [0.2, 0.25) is 0 Å². The lowest BCUT2D eigenvalue weighted by Crippen LogP contribution is -2.58. The Bertz CT molecular complexity index is 164. The third kappa shape index (κ3) is 1.53. The number of nitrogens with two attached hydrogens (primary N) is 2. The summed E-state index contributed by atoms with van der Waals surface area (Å²) < 4.78 is 0. The van der Waals surface area contributed by atoms with Crippen LogP contribution in [0.15, 0.2) is 11.9 Å². The molecule has 0 aromatic heterocycles. The van der Waals surface area contributed by atoms with Gasteiger partial charge in [-0.15, -0.1) is 0 Å². The van der Waals surface area contributed by atoms with Crippen molar-refractivity contribution in [2.24, 2.45) is 11.6 Å². The van der Waals surface area contributed by atoms with Gasteiger partial charge in [0.2, 0.25) is 0 Å². The Kier molecular flexibility index (Phi) is 1.52. The van der Waals surface area contributed by atoms with E-state index < -0.39 is 0 Å². The van der Waals surface area contributed by atoms with Crippen molar-refractivity contribution >= 4 is 17.2 Å². The van der Waals surface area contributed by atoms with Crippen LogP contribution in [-0.2, 0) is 0 Å². The fraction of sp³-hybridized carbons (Fsp3) is 0. The van der Waals surface area contributed by atoms with Crippen molar-refractivity contribution in [2.45, 2.75) is 0 Å². The van der Waals surface area contributed by atoms with Gasteiger partial charge < -0.3 is 5.73 Å². The zero-order valence-electron chi connectivity index (χ0n) is 4.59. The number of hydrazine groups is 3. The highest BCUT2D eigenvalue weighted by molar-refractivity contribution is 7.80. The maximum Gasteiger partial charge on any atom is 0.119 e. The maximum atomic E-state index is 5.32. The Morgan fingerprint density at radius 3 is 2.67 bits per heavy atom. The second-order valence-corrected chi connectivity index (χ2v) is 2.00. The van der Waals surface area contributed by atoms with Gasteiger partial charge in [0.15, 0.2) is 0 Å². The lowest BCUT2D eigenvalue weighted by molar-refractivity contribution is 0.173. The molecule has 0 fully saturated rings. The molecule has 0 aromatic rings. The van der Waals surface area contributed by atoms with Crippen LogP contribution in [0.25, 0.3) is 0 Å². The van der Waals surface area contributed by atoms with Crippen molar-refractivity contribution in [2.75, 3.05) is 0 Å². The first-order chi connectivity index (χ1) is 4.18. The molecule has 0 atom stereocenters. The molecule has 1 aliphatic heterocycles. The van der Waals surface area contributed by atoms with Crippen molar-refractivity contribution in [1.29, 1.82) is 0 Å². The van der Waals surface area contributed by atoms with Crippen LogP contribution in [0.4, 0.5) is 0 Å². The first-order valence-corrected chi connectivity index (χ1v) is 2.68. The summed E-state index contributed by atoms with van der Waals surface area (Å²) in [7, 11) is 0. The molecule has 0 bridgehead atoms. The number of nitrogens with zero attached hydrogens (tertiary/aromatic N) is 1. The van der Waals surface area contributed by atoms with E-state index in [4.69, 9.17) is 23.8 Å². The van der Waals surface area contributed by atoms with E-state index in [0.29, 0.717) is 10.8 Å². The lowest BCUT2D eigenvalue weighted by atomic mass is 10.5. The van der Waals surface area contributed by atoms with Gasteiger partial charge in [0, 0.05) is 6.08 Å². The molecular formula is C3H7N5S. The summed E-state index contributed by atoms with van der Waals surface area (Å²) in [4.78, 5) is 0.494. The third-order valence-electron chi connectivity index (χ3n) is 0.767. The summed E-state index contributed by atoms with van der Waals surface area (Å²) in [5, 5.41) is 1.09. The quantitative estimate of drug-likeness (QED) is 0.241. The molecule has 9 heavy (non-hydrogen) atoms. The predicted octanol–water partition coefficient (Wildman–Crippen LogP) is -1.69. The average Bonchev–Trinajstić information content (AvgIpc) is 1.59. The summed E-state index contributed by atoms with van der Waals surface area (Å²) >= 11 is 4.73. The minimum absolute atomic E-state index is 0.432. The Morgan fingerprint density at radius 2 is 2.22 bits per heavy atom. The molecule has 6 heteroatoms. The standard InChI is InChI=1S/C3H7N5S/c4-2-1-3(9)7-8(5)6-2/h1,6H,4-5H2,(H,7,9). The molecule has 1 rings (SSSR count). The van der Waals surface area contributed by atoms with Crippen molar-refractivity contribution in [3.8, 4) is 0 Å². The zero-order valence-corrected chi connectivity index (χ0v) is 5.40. The first kappa shape index (κ1) is 6.27. The average molecular weight is 145 g/mol.